The quantitative estimate of drug-likeness (QED) is 0.767. The number of hydrogen-bond acceptors (Lipinski definition) is 1. The first kappa shape index (κ1) is 11.4. The third-order valence-electron chi connectivity index (χ3n) is 2.74. The third kappa shape index (κ3) is 1.80. The Bertz CT molecular complexity index is 554. The number of carbonyl (C=O) groups excluding carboxylic acids is 1. The largest absolute Gasteiger partial charge is 0.350 e. The molecule has 0 unspecified atom stereocenters. The van der Waals surface area contributed by atoms with Crippen molar-refractivity contribution in [1.82, 2.24) is 4.57 Å². The van der Waals surface area contributed by atoms with Gasteiger partial charge >= 0.3 is 0 Å². The molecule has 0 saturated carbocycles. The number of Topliss-reactive ketones (excluding diaryl/α,β-unsaturated/α-hetero) is 1. The molecule has 1 aromatic carbocycles. The lowest BCUT2D eigenvalue weighted by Gasteiger charge is -2.01. The molecule has 0 radical (unpaired) electrons. The molecule has 84 valence electrons. The van der Waals surface area contributed by atoms with E-state index in [-0.39, 0.29) is 11.7 Å². The summed E-state index contributed by atoms with van der Waals surface area (Å²) in [5, 5.41) is 1.03. The summed E-state index contributed by atoms with van der Waals surface area (Å²) in [5.74, 6) is 0.238. The molecule has 0 N–H and O–H groups in total. The van der Waals surface area contributed by atoms with E-state index in [9.17, 15) is 4.79 Å². The summed E-state index contributed by atoms with van der Waals surface area (Å²) in [6.45, 7) is 3.86. The minimum atomic E-state index is 0.0363. The van der Waals surface area contributed by atoms with Crippen molar-refractivity contribution in [3.63, 3.8) is 0 Å². The zero-order valence-corrected chi connectivity index (χ0v) is 11.2. The molecule has 0 bridgehead atoms. The van der Waals surface area contributed by atoms with Gasteiger partial charge in [0.2, 0.25) is 0 Å². The molecule has 0 aliphatic carbocycles. The number of benzene rings is 1. The zero-order valence-electron chi connectivity index (χ0n) is 9.62. The van der Waals surface area contributed by atoms with Gasteiger partial charge < -0.3 is 4.57 Å². The van der Waals surface area contributed by atoms with Crippen molar-refractivity contribution in [2.45, 2.75) is 13.8 Å². The Kier molecular flexibility index (Phi) is 2.89. The molecule has 2 rings (SSSR count). The van der Waals surface area contributed by atoms with Crippen molar-refractivity contribution in [3.05, 3.63) is 34.4 Å². The van der Waals surface area contributed by atoms with Crippen molar-refractivity contribution in [2.75, 3.05) is 0 Å². The van der Waals surface area contributed by atoms with Gasteiger partial charge in [-0.15, -0.1) is 0 Å². The number of hydrogen-bond donors (Lipinski definition) is 0. The lowest BCUT2D eigenvalue weighted by molar-refractivity contribution is 0.0941. The fraction of sp³-hybridized carbons (Fsp3) is 0.308. The molecular formula is C13H14BrNO. The fourth-order valence-corrected chi connectivity index (χ4v) is 2.21. The topological polar surface area (TPSA) is 22.0 Å². The van der Waals surface area contributed by atoms with Gasteiger partial charge in [0.15, 0.2) is 5.78 Å². The molecule has 0 spiro atoms. The van der Waals surface area contributed by atoms with E-state index in [0.717, 1.165) is 20.9 Å². The van der Waals surface area contributed by atoms with Crippen molar-refractivity contribution >= 4 is 32.6 Å². The van der Waals surface area contributed by atoms with E-state index < -0.39 is 0 Å². The highest BCUT2D eigenvalue weighted by atomic mass is 79.9. The van der Waals surface area contributed by atoms with Gasteiger partial charge in [-0.3, -0.25) is 4.79 Å². The minimum Gasteiger partial charge on any atom is -0.350 e. The maximum absolute atomic E-state index is 12.0. The van der Waals surface area contributed by atoms with E-state index in [1.54, 1.807) is 0 Å². The Morgan fingerprint density at radius 1 is 1.38 bits per heavy atom. The molecule has 0 saturated heterocycles. The second kappa shape index (κ2) is 4.06. The van der Waals surface area contributed by atoms with Crippen LogP contribution in [0.15, 0.2) is 28.9 Å². The maximum atomic E-state index is 12.0. The van der Waals surface area contributed by atoms with Gasteiger partial charge in [-0.2, -0.15) is 0 Å². The standard InChI is InChI=1S/C13H14BrNO/c1-8(2)13(16)11-7-15(3)12-6-9(14)4-5-10(11)12/h4-8H,1-3H3. The van der Waals surface area contributed by atoms with Crippen molar-refractivity contribution < 1.29 is 4.79 Å². The van der Waals surface area contributed by atoms with E-state index in [1.807, 2.05) is 49.9 Å². The molecule has 2 aromatic rings. The predicted molar refractivity (Wildman–Crippen MR) is 69.8 cm³/mol. The molecule has 3 heteroatoms. The highest BCUT2D eigenvalue weighted by Crippen LogP contribution is 2.26. The normalized spacial score (nSPS) is 11.3. The SMILES string of the molecule is CC(C)C(=O)c1cn(C)c2cc(Br)ccc12. The first-order chi connectivity index (χ1) is 7.50. The molecule has 16 heavy (non-hydrogen) atoms. The Balaban J connectivity index is 2.69. The number of carbonyl (C=O) groups is 1. The second-order valence-electron chi connectivity index (χ2n) is 4.33. The van der Waals surface area contributed by atoms with Crippen LogP contribution in [0.3, 0.4) is 0 Å². The van der Waals surface area contributed by atoms with E-state index in [1.165, 1.54) is 0 Å². The van der Waals surface area contributed by atoms with Crippen LogP contribution in [-0.4, -0.2) is 10.4 Å². The van der Waals surface area contributed by atoms with Crippen LogP contribution in [0.2, 0.25) is 0 Å². The number of halogens is 1. The van der Waals surface area contributed by atoms with Crippen LogP contribution in [0.5, 0.6) is 0 Å². The summed E-state index contributed by atoms with van der Waals surface area (Å²) in [6, 6.07) is 6.00. The average molecular weight is 280 g/mol. The number of nitrogens with zero attached hydrogens (tertiary/aromatic N) is 1. The molecule has 0 aliphatic rings. The van der Waals surface area contributed by atoms with Gasteiger partial charge in [0.1, 0.15) is 0 Å². The predicted octanol–water partition coefficient (Wildman–Crippen LogP) is 3.78. The summed E-state index contributed by atoms with van der Waals surface area (Å²) in [5.41, 5.74) is 1.90. The second-order valence-corrected chi connectivity index (χ2v) is 5.25. The summed E-state index contributed by atoms with van der Waals surface area (Å²) in [7, 11) is 1.96. The third-order valence-corrected chi connectivity index (χ3v) is 3.24. The molecule has 2 nitrogen and oxygen atoms in total. The summed E-state index contributed by atoms with van der Waals surface area (Å²) in [4.78, 5) is 12.0. The molecule has 0 amide bonds. The van der Waals surface area contributed by atoms with Crippen molar-refractivity contribution in [2.24, 2.45) is 13.0 Å². The highest BCUT2D eigenvalue weighted by molar-refractivity contribution is 9.10. The van der Waals surface area contributed by atoms with Gasteiger partial charge in [-0.05, 0) is 12.1 Å². The molecule has 0 fully saturated rings. The molecule has 0 atom stereocenters. The van der Waals surface area contributed by atoms with E-state index in [0.29, 0.717) is 0 Å². The Labute approximate surface area is 103 Å². The van der Waals surface area contributed by atoms with Crippen molar-refractivity contribution in [1.29, 1.82) is 0 Å². The lowest BCUT2D eigenvalue weighted by atomic mass is 10.0. The van der Waals surface area contributed by atoms with E-state index in [4.69, 9.17) is 0 Å². The lowest BCUT2D eigenvalue weighted by Crippen LogP contribution is -2.06. The monoisotopic (exact) mass is 279 g/mol. The Hall–Kier alpha value is -1.09. The summed E-state index contributed by atoms with van der Waals surface area (Å²) < 4.78 is 3.03. The van der Waals surface area contributed by atoms with Gasteiger partial charge in [0.25, 0.3) is 0 Å². The zero-order chi connectivity index (χ0) is 11.9. The van der Waals surface area contributed by atoms with Crippen LogP contribution in [-0.2, 0) is 7.05 Å². The van der Waals surface area contributed by atoms with Crippen LogP contribution in [0.4, 0.5) is 0 Å². The smallest absolute Gasteiger partial charge is 0.167 e. The van der Waals surface area contributed by atoms with E-state index in [2.05, 4.69) is 15.9 Å². The van der Waals surface area contributed by atoms with E-state index >= 15 is 0 Å². The van der Waals surface area contributed by atoms with Crippen LogP contribution in [0.1, 0.15) is 24.2 Å². The van der Waals surface area contributed by atoms with Gasteiger partial charge in [-0.25, -0.2) is 0 Å². The average Bonchev–Trinajstić information content (AvgIpc) is 2.55. The van der Waals surface area contributed by atoms with Crippen LogP contribution in [0, 0.1) is 5.92 Å². The van der Waals surface area contributed by atoms with Gasteiger partial charge in [-0.1, -0.05) is 35.8 Å². The number of ketones is 1. The minimum absolute atomic E-state index is 0.0363. The first-order valence-corrected chi connectivity index (χ1v) is 6.09. The first-order valence-electron chi connectivity index (χ1n) is 5.29. The van der Waals surface area contributed by atoms with Crippen LogP contribution < -0.4 is 0 Å². The Morgan fingerprint density at radius 2 is 2.06 bits per heavy atom. The molecule has 1 heterocycles. The number of rotatable bonds is 2. The Morgan fingerprint density at radius 3 is 2.69 bits per heavy atom. The van der Waals surface area contributed by atoms with Crippen LogP contribution >= 0.6 is 15.9 Å². The summed E-state index contributed by atoms with van der Waals surface area (Å²) >= 11 is 3.44. The number of fused-ring (bicyclic) bond motifs is 1. The van der Waals surface area contributed by atoms with Gasteiger partial charge in [0, 0.05) is 40.1 Å². The molecule has 1 aromatic heterocycles. The highest BCUT2D eigenvalue weighted by Gasteiger charge is 2.16. The maximum Gasteiger partial charge on any atom is 0.167 e. The number of aromatic nitrogens is 1. The molecular weight excluding hydrogens is 266 g/mol. The number of aryl methyl sites for hydroxylation is 1. The molecule has 0 aliphatic heterocycles. The van der Waals surface area contributed by atoms with Crippen molar-refractivity contribution in [3.8, 4) is 0 Å². The van der Waals surface area contributed by atoms with Crippen LogP contribution in [0.25, 0.3) is 10.9 Å². The fourth-order valence-electron chi connectivity index (χ4n) is 1.86. The summed E-state index contributed by atoms with van der Waals surface area (Å²) in [6.07, 6.45) is 1.92. The van der Waals surface area contributed by atoms with Gasteiger partial charge in [0.05, 0.1) is 0 Å².